The zero-order valence-corrected chi connectivity index (χ0v) is 18.0. The number of amides is 1. The number of carbonyl (C=O) groups is 1. The van der Waals surface area contributed by atoms with Gasteiger partial charge in [0, 0.05) is 16.7 Å². The summed E-state index contributed by atoms with van der Waals surface area (Å²) in [5.74, 6) is -0.766. The minimum absolute atomic E-state index is 0.368. The van der Waals surface area contributed by atoms with Crippen LogP contribution in [0.4, 0.5) is 4.39 Å². The Morgan fingerprint density at radius 2 is 1.38 bits per heavy atom. The highest BCUT2D eigenvalue weighted by molar-refractivity contribution is 5.98. The molecule has 34 heavy (non-hydrogen) atoms. The van der Waals surface area contributed by atoms with E-state index in [9.17, 15) is 9.18 Å². The van der Waals surface area contributed by atoms with Gasteiger partial charge in [-0.15, -0.1) is 0 Å². The van der Waals surface area contributed by atoms with Gasteiger partial charge in [-0.3, -0.25) is 4.79 Å². The van der Waals surface area contributed by atoms with Crippen LogP contribution < -0.4 is 5.43 Å². The van der Waals surface area contributed by atoms with Gasteiger partial charge in [0.15, 0.2) is 0 Å². The molecule has 1 aromatic heterocycles. The minimum atomic E-state index is -0.398. The van der Waals surface area contributed by atoms with Crippen molar-refractivity contribution in [1.82, 2.24) is 15.4 Å². The van der Waals surface area contributed by atoms with Crippen molar-refractivity contribution in [2.24, 2.45) is 5.10 Å². The number of hydrogen-bond donors (Lipinski definition) is 1. The number of aromatic nitrogens is 2. The third-order valence-electron chi connectivity index (χ3n) is 5.25. The first-order valence-electron chi connectivity index (χ1n) is 10.7. The molecular formula is C28H19FN4O. The highest BCUT2D eigenvalue weighted by Crippen LogP contribution is 2.31. The molecule has 164 valence electrons. The van der Waals surface area contributed by atoms with E-state index in [4.69, 9.17) is 9.97 Å². The average molecular weight is 446 g/mol. The van der Waals surface area contributed by atoms with E-state index in [1.807, 2.05) is 60.7 Å². The minimum Gasteiger partial charge on any atom is -0.267 e. The first kappa shape index (κ1) is 21.2. The molecule has 1 N–H and O–H groups in total. The van der Waals surface area contributed by atoms with Crippen molar-refractivity contribution < 1.29 is 9.18 Å². The number of hydrazone groups is 1. The van der Waals surface area contributed by atoms with E-state index in [1.165, 1.54) is 18.3 Å². The summed E-state index contributed by atoms with van der Waals surface area (Å²) < 4.78 is 13.3. The Bertz CT molecular complexity index is 1500. The molecule has 1 amide bonds. The van der Waals surface area contributed by atoms with Crippen LogP contribution in [0.5, 0.6) is 0 Å². The maximum atomic E-state index is 13.3. The van der Waals surface area contributed by atoms with E-state index in [0.717, 1.165) is 22.5 Å². The van der Waals surface area contributed by atoms with E-state index in [0.29, 0.717) is 22.2 Å². The number of benzene rings is 4. The molecule has 1 heterocycles. The fourth-order valence-electron chi connectivity index (χ4n) is 3.61. The summed E-state index contributed by atoms with van der Waals surface area (Å²) in [5, 5.41) is 3.93. The Hall–Kier alpha value is -4.71. The Labute approximate surface area is 195 Å². The van der Waals surface area contributed by atoms with Gasteiger partial charge in [0.05, 0.1) is 28.6 Å². The molecular weight excluding hydrogens is 427 g/mol. The number of halogens is 1. The summed E-state index contributed by atoms with van der Waals surface area (Å²) in [5.41, 5.74) is 8.10. The summed E-state index contributed by atoms with van der Waals surface area (Å²) in [6.45, 7) is 0. The lowest BCUT2D eigenvalue weighted by Gasteiger charge is -2.11. The van der Waals surface area contributed by atoms with Gasteiger partial charge in [-0.1, -0.05) is 72.8 Å². The fraction of sp³-hybridized carbons (Fsp3) is 0. The molecule has 4 aromatic carbocycles. The number of fused-ring (bicyclic) bond motifs is 1. The van der Waals surface area contributed by atoms with Crippen LogP contribution in [0.2, 0.25) is 0 Å². The van der Waals surface area contributed by atoms with Crippen LogP contribution in [0, 0.1) is 5.82 Å². The molecule has 0 saturated heterocycles. The Balaban J connectivity index is 1.49. The summed E-state index contributed by atoms with van der Waals surface area (Å²) in [6, 6.07) is 30.8. The van der Waals surface area contributed by atoms with Gasteiger partial charge in [0.2, 0.25) is 0 Å². The van der Waals surface area contributed by atoms with Crippen molar-refractivity contribution >= 4 is 23.2 Å². The molecule has 0 bridgehead atoms. The second-order valence-corrected chi connectivity index (χ2v) is 7.61. The molecule has 0 unspecified atom stereocenters. The zero-order chi connectivity index (χ0) is 23.3. The van der Waals surface area contributed by atoms with Crippen LogP contribution in [0.25, 0.3) is 33.5 Å². The van der Waals surface area contributed by atoms with Crippen molar-refractivity contribution in [3.8, 4) is 22.5 Å². The number of carbonyl (C=O) groups excluding carboxylic acids is 1. The van der Waals surface area contributed by atoms with Crippen molar-refractivity contribution in [3.05, 3.63) is 120 Å². The van der Waals surface area contributed by atoms with E-state index < -0.39 is 5.91 Å². The maximum absolute atomic E-state index is 13.3. The van der Waals surface area contributed by atoms with Crippen molar-refractivity contribution in [2.75, 3.05) is 0 Å². The number of nitrogens with one attached hydrogen (secondary N) is 1. The van der Waals surface area contributed by atoms with Crippen LogP contribution in [0.3, 0.4) is 0 Å². The van der Waals surface area contributed by atoms with E-state index in [1.54, 1.807) is 30.3 Å². The molecule has 5 nitrogen and oxygen atoms in total. The normalized spacial score (nSPS) is 11.1. The monoisotopic (exact) mass is 446 g/mol. The first-order valence-corrected chi connectivity index (χ1v) is 10.7. The first-order chi connectivity index (χ1) is 16.7. The van der Waals surface area contributed by atoms with E-state index in [-0.39, 0.29) is 5.82 Å². The lowest BCUT2D eigenvalue weighted by Crippen LogP contribution is -2.17. The Kier molecular flexibility index (Phi) is 5.86. The second kappa shape index (κ2) is 9.42. The molecule has 0 aliphatic rings. The predicted octanol–water partition coefficient (Wildman–Crippen LogP) is 5.87. The zero-order valence-electron chi connectivity index (χ0n) is 18.0. The van der Waals surface area contributed by atoms with Gasteiger partial charge in [0.25, 0.3) is 5.91 Å². The molecule has 0 fully saturated rings. The topological polar surface area (TPSA) is 67.2 Å². The maximum Gasteiger partial charge on any atom is 0.271 e. The summed E-state index contributed by atoms with van der Waals surface area (Å²) >= 11 is 0. The van der Waals surface area contributed by atoms with Gasteiger partial charge in [0.1, 0.15) is 5.82 Å². The Morgan fingerprint density at radius 3 is 2.03 bits per heavy atom. The lowest BCUT2D eigenvalue weighted by molar-refractivity contribution is 0.0955. The van der Waals surface area contributed by atoms with Crippen LogP contribution >= 0.6 is 0 Å². The van der Waals surface area contributed by atoms with Crippen molar-refractivity contribution in [2.45, 2.75) is 0 Å². The molecule has 0 atom stereocenters. The predicted molar refractivity (Wildman–Crippen MR) is 132 cm³/mol. The summed E-state index contributed by atoms with van der Waals surface area (Å²) in [6.07, 6.45) is 1.39. The highest BCUT2D eigenvalue weighted by Gasteiger charge is 2.14. The largest absolute Gasteiger partial charge is 0.271 e. The van der Waals surface area contributed by atoms with Crippen molar-refractivity contribution in [1.29, 1.82) is 0 Å². The lowest BCUT2D eigenvalue weighted by atomic mass is 10.0. The molecule has 0 aliphatic carbocycles. The van der Waals surface area contributed by atoms with Crippen LogP contribution in [0.15, 0.2) is 108 Å². The van der Waals surface area contributed by atoms with Gasteiger partial charge in [-0.2, -0.15) is 5.10 Å². The fourth-order valence-corrected chi connectivity index (χ4v) is 3.61. The van der Waals surface area contributed by atoms with Crippen molar-refractivity contribution in [3.63, 3.8) is 0 Å². The van der Waals surface area contributed by atoms with Gasteiger partial charge >= 0.3 is 0 Å². The smallest absolute Gasteiger partial charge is 0.267 e. The van der Waals surface area contributed by atoms with Gasteiger partial charge in [-0.25, -0.2) is 19.8 Å². The number of rotatable bonds is 5. The molecule has 0 radical (unpaired) electrons. The van der Waals surface area contributed by atoms with Crippen LogP contribution in [-0.4, -0.2) is 22.1 Å². The quantitative estimate of drug-likeness (QED) is 0.271. The third-order valence-corrected chi connectivity index (χ3v) is 5.25. The Morgan fingerprint density at radius 1 is 0.735 bits per heavy atom. The van der Waals surface area contributed by atoms with E-state index in [2.05, 4.69) is 10.5 Å². The van der Waals surface area contributed by atoms with Crippen LogP contribution in [0.1, 0.15) is 15.9 Å². The van der Waals surface area contributed by atoms with Gasteiger partial charge < -0.3 is 0 Å². The number of nitrogens with zero attached hydrogens (tertiary/aromatic N) is 3. The summed E-state index contributed by atoms with van der Waals surface area (Å²) in [4.78, 5) is 22.4. The van der Waals surface area contributed by atoms with E-state index >= 15 is 0 Å². The average Bonchev–Trinajstić information content (AvgIpc) is 2.88. The summed E-state index contributed by atoms with van der Waals surface area (Å²) in [7, 11) is 0. The molecule has 0 spiro atoms. The highest BCUT2D eigenvalue weighted by atomic mass is 19.1. The van der Waals surface area contributed by atoms with Gasteiger partial charge in [-0.05, 0) is 35.9 Å². The number of hydrogen-bond acceptors (Lipinski definition) is 4. The molecule has 6 heteroatoms. The molecule has 0 saturated carbocycles. The SMILES string of the molecule is O=C(NN=Cc1cccc(F)c1)c1ccc2nc(-c3ccccc3)c(-c3ccccc3)nc2c1. The molecule has 0 aliphatic heterocycles. The van der Waals surface area contributed by atoms with Crippen LogP contribution in [-0.2, 0) is 0 Å². The molecule has 5 rings (SSSR count). The second-order valence-electron chi connectivity index (χ2n) is 7.61. The standard InChI is InChI=1S/C28H19FN4O/c29-23-13-7-8-19(16-23)18-30-33-28(34)22-14-15-24-25(17-22)32-27(21-11-5-2-6-12-21)26(31-24)20-9-3-1-4-10-20/h1-18H,(H,33,34). The molecule has 5 aromatic rings. The third kappa shape index (κ3) is 4.56.